The van der Waals surface area contributed by atoms with Crippen LogP contribution in [-0.4, -0.2) is 35.4 Å². The van der Waals surface area contributed by atoms with Gasteiger partial charge in [-0.3, -0.25) is 9.59 Å². The van der Waals surface area contributed by atoms with Gasteiger partial charge in [0, 0.05) is 12.1 Å². The van der Waals surface area contributed by atoms with Crippen molar-refractivity contribution in [2.24, 2.45) is 0 Å². The van der Waals surface area contributed by atoms with E-state index in [1.807, 2.05) is 31.2 Å². The molecular formula is C23H28N2O4. The number of ether oxygens (including phenoxy) is 1. The standard InChI is InChI=1S/C23H28N2O4/c1-2-28-19-13-9-16(10-14-19)21(22(26)24-17-6-3-4-7-17)25(18-11-12-18)23(27)20-8-5-15-29-20/h5,8-10,13-15,17-18,21H,2-4,6-7,11-12H2,1H3,(H,24,26)/t21-/m0/s1. The van der Waals surface area contributed by atoms with Gasteiger partial charge in [-0.15, -0.1) is 0 Å². The van der Waals surface area contributed by atoms with Gasteiger partial charge in [-0.05, 0) is 62.4 Å². The lowest BCUT2D eigenvalue weighted by Crippen LogP contribution is -2.47. The molecule has 1 heterocycles. The molecule has 0 aliphatic heterocycles. The second-order valence-electron chi connectivity index (χ2n) is 7.82. The Morgan fingerprint density at radius 3 is 2.45 bits per heavy atom. The van der Waals surface area contributed by atoms with Crippen molar-refractivity contribution in [3.8, 4) is 5.75 Å². The largest absolute Gasteiger partial charge is 0.494 e. The number of carbonyl (C=O) groups excluding carboxylic acids is 2. The fourth-order valence-electron chi connectivity index (χ4n) is 4.08. The van der Waals surface area contributed by atoms with E-state index in [0.717, 1.165) is 49.8 Å². The Morgan fingerprint density at radius 2 is 1.86 bits per heavy atom. The number of nitrogens with zero attached hydrogens (tertiary/aromatic N) is 1. The van der Waals surface area contributed by atoms with Crippen LogP contribution in [0.15, 0.2) is 47.1 Å². The minimum atomic E-state index is -0.684. The maximum absolute atomic E-state index is 13.4. The molecule has 2 aromatic rings. The van der Waals surface area contributed by atoms with E-state index in [1.54, 1.807) is 17.0 Å². The third kappa shape index (κ3) is 4.47. The molecule has 154 valence electrons. The fourth-order valence-corrected chi connectivity index (χ4v) is 4.08. The van der Waals surface area contributed by atoms with Crippen LogP contribution >= 0.6 is 0 Å². The topological polar surface area (TPSA) is 71.8 Å². The molecule has 6 heteroatoms. The number of carbonyl (C=O) groups is 2. The van der Waals surface area contributed by atoms with E-state index in [0.29, 0.717) is 6.61 Å². The first-order valence-electron chi connectivity index (χ1n) is 10.6. The first-order valence-corrected chi connectivity index (χ1v) is 10.6. The number of hydrogen-bond acceptors (Lipinski definition) is 4. The molecule has 2 saturated carbocycles. The molecule has 1 N–H and O–H groups in total. The zero-order chi connectivity index (χ0) is 20.2. The van der Waals surface area contributed by atoms with Gasteiger partial charge in [-0.2, -0.15) is 0 Å². The van der Waals surface area contributed by atoms with Crippen molar-refractivity contribution in [2.75, 3.05) is 6.61 Å². The van der Waals surface area contributed by atoms with Crippen molar-refractivity contribution in [2.45, 2.75) is 63.6 Å². The number of benzene rings is 1. The summed E-state index contributed by atoms with van der Waals surface area (Å²) in [5, 5.41) is 3.19. The van der Waals surface area contributed by atoms with Gasteiger partial charge in [0.2, 0.25) is 5.91 Å². The minimum absolute atomic E-state index is 0.0542. The molecule has 2 amide bonds. The zero-order valence-corrected chi connectivity index (χ0v) is 16.8. The Balaban J connectivity index is 1.65. The van der Waals surface area contributed by atoms with Crippen LogP contribution in [0.5, 0.6) is 5.75 Å². The van der Waals surface area contributed by atoms with Crippen LogP contribution < -0.4 is 10.1 Å². The van der Waals surface area contributed by atoms with Crippen LogP contribution in [0.1, 0.15) is 67.6 Å². The summed E-state index contributed by atoms with van der Waals surface area (Å²) in [6.45, 7) is 2.51. The number of hydrogen-bond donors (Lipinski definition) is 1. The van der Waals surface area contributed by atoms with E-state index in [2.05, 4.69) is 5.32 Å². The predicted molar refractivity (Wildman–Crippen MR) is 109 cm³/mol. The van der Waals surface area contributed by atoms with Gasteiger partial charge < -0.3 is 19.4 Å². The molecule has 0 saturated heterocycles. The minimum Gasteiger partial charge on any atom is -0.494 e. The van der Waals surface area contributed by atoms with E-state index >= 15 is 0 Å². The lowest BCUT2D eigenvalue weighted by molar-refractivity contribution is -0.126. The molecule has 0 spiro atoms. The highest BCUT2D eigenvalue weighted by molar-refractivity contribution is 5.96. The molecule has 6 nitrogen and oxygen atoms in total. The van der Waals surface area contributed by atoms with Crippen LogP contribution in [0.4, 0.5) is 0 Å². The van der Waals surface area contributed by atoms with Gasteiger partial charge in [0.1, 0.15) is 11.8 Å². The fraction of sp³-hybridized carbons (Fsp3) is 0.478. The second kappa shape index (κ2) is 8.72. The monoisotopic (exact) mass is 396 g/mol. The number of furan rings is 1. The normalized spacial score (nSPS) is 17.7. The number of amides is 2. The van der Waals surface area contributed by atoms with Crippen LogP contribution in [0.3, 0.4) is 0 Å². The Kier molecular flexibility index (Phi) is 5.88. The Labute approximate surface area is 171 Å². The first kappa shape index (κ1) is 19.6. The highest BCUT2D eigenvalue weighted by Crippen LogP contribution is 2.37. The van der Waals surface area contributed by atoms with E-state index in [-0.39, 0.29) is 29.7 Å². The molecular weight excluding hydrogens is 368 g/mol. The summed E-state index contributed by atoms with van der Waals surface area (Å²) in [5.74, 6) is 0.661. The van der Waals surface area contributed by atoms with Gasteiger partial charge >= 0.3 is 0 Å². The van der Waals surface area contributed by atoms with Crippen LogP contribution in [0.25, 0.3) is 0 Å². The van der Waals surface area contributed by atoms with Gasteiger partial charge in [-0.25, -0.2) is 0 Å². The summed E-state index contributed by atoms with van der Waals surface area (Å²) < 4.78 is 10.9. The summed E-state index contributed by atoms with van der Waals surface area (Å²) in [6, 6.07) is 10.4. The Bertz CT molecular complexity index is 821. The van der Waals surface area contributed by atoms with Crippen LogP contribution in [0.2, 0.25) is 0 Å². The van der Waals surface area contributed by atoms with Crippen molar-refractivity contribution in [1.82, 2.24) is 10.2 Å². The first-order chi connectivity index (χ1) is 14.2. The molecule has 0 radical (unpaired) electrons. The Hall–Kier alpha value is -2.76. The summed E-state index contributed by atoms with van der Waals surface area (Å²) in [5.41, 5.74) is 0.788. The zero-order valence-electron chi connectivity index (χ0n) is 16.8. The molecule has 0 bridgehead atoms. The smallest absolute Gasteiger partial charge is 0.290 e. The third-order valence-corrected chi connectivity index (χ3v) is 5.64. The van der Waals surface area contributed by atoms with Gasteiger partial charge in [0.05, 0.1) is 12.9 Å². The average Bonchev–Trinajstić information content (AvgIpc) is 3.18. The predicted octanol–water partition coefficient (Wildman–Crippen LogP) is 4.08. The molecule has 0 unspecified atom stereocenters. The lowest BCUT2D eigenvalue weighted by Gasteiger charge is -2.32. The maximum Gasteiger partial charge on any atom is 0.290 e. The van der Waals surface area contributed by atoms with E-state index in [9.17, 15) is 9.59 Å². The second-order valence-corrected chi connectivity index (χ2v) is 7.82. The van der Waals surface area contributed by atoms with Crippen LogP contribution in [-0.2, 0) is 4.79 Å². The van der Waals surface area contributed by atoms with Gasteiger partial charge in [0.25, 0.3) is 5.91 Å². The van der Waals surface area contributed by atoms with E-state index in [4.69, 9.17) is 9.15 Å². The molecule has 2 aliphatic carbocycles. The molecule has 2 fully saturated rings. The van der Waals surface area contributed by atoms with E-state index in [1.165, 1.54) is 6.26 Å². The highest BCUT2D eigenvalue weighted by atomic mass is 16.5. The summed E-state index contributed by atoms with van der Waals surface area (Å²) >= 11 is 0. The lowest BCUT2D eigenvalue weighted by atomic mass is 10.0. The maximum atomic E-state index is 13.4. The van der Waals surface area contributed by atoms with Crippen LogP contribution in [0, 0.1) is 0 Å². The number of nitrogens with one attached hydrogen (secondary N) is 1. The van der Waals surface area contributed by atoms with Crippen molar-refractivity contribution in [3.05, 3.63) is 54.0 Å². The quantitative estimate of drug-likeness (QED) is 0.730. The molecule has 2 aliphatic rings. The SMILES string of the molecule is CCOc1ccc([C@@H](C(=O)NC2CCCC2)N(C(=O)c2ccco2)C2CC2)cc1. The molecule has 1 aromatic carbocycles. The third-order valence-electron chi connectivity index (χ3n) is 5.64. The molecule has 4 rings (SSSR count). The van der Waals surface area contributed by atoms with E-state index < -0.39 is 6.04 Å². The van der Waals surface area contributed by atoms with Gasteiger partial charge in [-0.1, -0.05) is 25.0 Å². The summed E-state index contributed by atoms with van der Waals surface area (Å²) in [6.07, 6.45) is 7.55. The molecule has 29 heavy (non-hydrogen) atoms. The number of rotatable bonds is 8. The average molecular weight is 396 g/mol. The highest BCUT2D eigenvalue weighted by Gasteiger charge is 2.43. The summed E-state index contributed by atoms with van der Waals surface area (Å²) in [7, 11) is 0. The Morgan fingerprint density at radius 1 is 1.14 bits per heavy atom. The summed E-state index contributed by atoms with van der Waals surface area (Å²) in [4.78, 5) is 28.3. The van der Waals surface area contributed by atoms with Gasteiger partial charge in [0.15, 0.2) is 5.76 Å². The van der Waals surface area contributed by atoms with Crippen molar-refractivity contribution in [3.63, 3.8) is 0 Å². The molecule has 1 aromatic heterocycles. The molecule has 1 atom stereocenters. The van der Waals surface area contributed by atoms with Crippen molar-refractivity contribution in [1.29, 1.82) is 0 Å². The van der Waals surface area contributed by atoms with Crippen molar-refractivity contribution >= 4 is 11.8 Å². The van der Waals surface area contributed by atoms with Crippen molar-refractivity contribution < 1.29 is 18.7 Å².